The zero-order valence-corrected chi connectivity index (χ0v) is 16.8. The number of nitrogens with zero attached hydrogens (tertiary/aromatic N) is 1. The molecule has 2 heterocycles. The van der Waals surface area contributed by atoms with Crippen molar-refractivity contribution in [1.82, 2.24) is 10.2 Å². The number of thioether (sulfide) groups is 1. The normalized spacial score (nSPS) is 23.9. The molecule has 1 unspecified atom stereocenters. The van der Waals surface area contributed by atoms with Crippen LogP contribution in [-0.2, 0) is 28.7 Å². The first-order valence-electron chi connectivity index (χ1n) is 8.72. The Labute approximate surface area is 174 Å². The van der Waals surface area contributed by atoms with E-state index in [1.54, 1.807) is 0 Å². The number of carbonyl (C=O) groups excluding carboxylic acids is 3. The van der Waals surface area contributed by atoms with Gasteiger partial charge >= 0.3 is 18.0 Å². The van der Waals surface area contributed by atoms with Crippen molar-refractivity contribution in [2.24, 2.45) is 11.5 Å². The molecule has 13 nitrogen and oxygen atoms in total. The molecule has 0 bridgehead atoms. The van der Waals surface area contributed by atoms with Crippen LogP contribution in [0.1, 0.15) is 19.3 Å². The summed E-state index contributed by atoms with van der Waals surface area (Å²) < 4.78 is 9.91. The Bertz CT molecular complexity index is 802. The van der Waals surface area contributed by atoms with Gasteiger partial charge in [0.1, 0.15) is 23.7 Å². The standard InChI is InChI=1S/C16H22N4O9S/c1-28-16(19-9(21)4-2-3-8(17)11(22)23)13(26)20-10(12(24)25)7(5-29-15(18)27)6-30-14(16)20/h8,14H,2-6,17H2,1H3,(H2,18,27)(H,19,21)(H,22,23)(H,24,25)/t8-,14?,16+/m1/s1. The topological polar surface area (TPSA) is 212 Å². The predicted molar refractivity (Wildman–Crippen MR) is 101 cm³/mol. The lowest BCUT2D eigenvalue weighted by molar-refractivity contribution is -0.192. The average molecular weight is 446 g/mol. The van der Waals surface area contributed by atoms with Crippen LogP contribution in [0.5, 0.6) is 0 Å². The average Bonchev–Trinajstić information content (AvgIpc) is 2.68. The number of carbonyl (C=O) groups is 5. The van der Waals surface area contributed by atoms with Gasteiger partial charge in [-0.05, 0) is 12.8 Å². The maximum absolute atomic E-state index is 12.8. The van der Waals surface area contributed by atoms with Gasteiger partial charge in [0, 0.05) is 24.9 Å². The molecule has 0 aromatic heterocycles. The third-order valence-electron chi connectivity index (χ3n) is 4.58. The number of ether oxygens (including phenoxy) is 2. The van der Waals surface area contributed by atoms with Crippen LogP contribution < -0.4 is 16.8 Å². The number of hydrogen-bond donors (Lipinski definition) is 5. The molecule has 7 N–H and O–H groups in total. The van der Waals surface area contributed by atoms with Gasteiger partial charge < -0.3 is 36.5 Å². The van der Waals surface area contributed by atoms with Gasteiger partial charge in [0.2, 0.25) is 5.91 Å². The monoisotopic (exact) mass is 446 g/mol. The maximum atomic E-state index is 12.8. The lowest BCUT2D eigenvalue weighted by Crippen LogP contribution is -2.80. The molecule has 0 saturated carbocycles. The first kappa shape index (κ1) is 23.4. The van der Waals surface area contributed by atoms with Crippen molar-refractivity contribution in [3.8, 4) is 0 Å². The highest BCUT2D eigenvalue weighted by atomic mass is 32.2. The van der Waals surface area contributed by atoms with E-state index in [0.717, 1.165) is 16.7 Å². The number of fused-ring (bicyclic) bond motifs is 1. The fraction of sp³-hybridized carbons (Fsp3) is 0.562. The SMILES string of the molecule is CO[C@@]1(NC(=O)CCC[C@@H](N)C(=O)O)C(=O)N2C(C(=O)O)=C(COC(N)=O)CSC21. The number of carboxylic acid groups (broad SMARTS) is 2. The Balaban J connectivity index is 2.11. The number of hydrogen-bond acceptors (Lipinski definition) is 9. The summed E-state index contributed by atoms with van der Waals surface area (Å²) in [5.41, 5.74) is 8.33. The van der Waals surface area contributed by atoms with E-state index in [4.69, 9.17) is 21.3 Å². The van der Waals surface area contributed by atoms with Crippen molar-refractivity contribution < 1.29 is 43.7 Å². The lowest BCUT2D eigenvalue weighted by Gasteiger charge is -2.55. The largest absolute Gasteiger partial charge is 0.480 e. The summed E-state index contributed by atoms with van der Waals surface area (Å²) in [6.07, 6.45) is -0.953. The Morgan fingerprint density at radius 2 is 2.03 bits per heavy atom. The van der Waals surface area contributed by atoms with E-state index in [1.165, 1.54) is 7.11 Å². The number of rotatable bonds is 10. The molecule has 1 saturated heterocycles. The van der Waals surface area contributed by atoms with E-state index >= 15 is 0 Å². The van der Waals surface area contributed by atoms with E-state index in [0.29, 0.717) is 0 Å². The number of carboxylic acids is 2. The highest BCUT2D eigenvalue weighted by molar-refractivity contribution is 8.00. The molecule has 0 spiro atoms. The van der Waals surface area contributed by atoms with Gasteiger partial charge in [-0.1, -0.05) is 0 Å². The van der Waals surface area contributed by atoms with Gasteiger partial charge in [-0.2, -0.15) is 0 Å². The maximum Gasteiger partial charge on any atom is 0.404 e. The zero-order chi connectivity index (χ0) is 22.6. The van der Waals surface area contributed by atoms with Crippen molar-refractivity contribution in [2.45, 2.75) is 36.4 Å². The van der Waals surface area contributed by atoms with Crippen molar-refractivity contribution >= 4 is 41.6 Å². The highest BCUT2D eigenvalue weighted by Gasteiger charge is 2.66. The smallest absolute Gasteiger partial charge is 0.404 e. The third-order valence-corrected chi connectivity index (χ3v) is 5.96. The molecule has 2 aliphatic rings. The Morgan fingerprint density at radius 3 is 2.57 bits per heavy atom. The Hall–Kier alpha value is -2.84. The van der Waals surface area contributed by atoms with Crippen molar-refractivity contribution in [1.29, 1.82) is 0 Å². The minimum atomic E-state index is -1.77. The molecular formula is C16H22N4O9S. The molecule has 0 radical (unpaired) electrons. The minimum absolute atomic E-state index is 0.0656. The summed E-state index contributed by atoms with van der Waals surface area (Å²) in [4.78, 5) is 59.3. The number of primary amides is 1. The highest BCUT2D eigenvalue weighted by Crippen LogP contribution is 2.46. The molecule has 3 atom stereocenters. The molecular weight excluding hydrogens is 424 g/mol. The molecule has 3 amide bonds. The second kappa shape index (κ2) is 9.32. The molecule has 30 heavy (non-hydrogen) atoms. The Morgan fingerprint density at radius 1 is 1.37 bits per heavy atom. The number of nitrogens with two attached hydrogens (primary N) is 2. The van der Waals surface area contributed by atoms with E-state index in [2.05, 4.69) is 10.1 Å². The second-order valence-electron chi connectivity index (χ2n) is 6.53. The summed E-state index contributed by atoms with van der Waals surface area (Å²) in [5.74, 6) is -3.87. The molecule has 0 aromatic rings. The summed E-state index contributed by atoms with van der Waals surface area (Å²) in [7, 11) is 1.20. The van der Waals surface area contributed by atoms with Crippen molar-refractivity contribution in [2.75, 3.05) is 19.5 Å². The zero-order valence-electron chi connectivity index (χ0n) is 16.0. The Kier molecular flexibility index (Phi) is 7.28. The van der Waals surface area contributed by atoms with E-state index in [-0.39, 0.29) is 36.3 Å². The fourth-order valence-electron chi connectivity index (χ4n) is 3.09. The van der Waals surface area contributed by atoms with Gasteiger partial charge in [0.25, 0.3) is 11.6 Å². The summed E-state index contributed by atoms with van der Waals surface area (Å²) >= 11 is 1.12. The summed E-state index contributed by atoms with van der Waals surface area (Å²) in [6, 6.07) is -1.10. The predicted octanol–water partition coefficient (Wildman–Crippen LogP) is -1.62. The molecule has 2 aliphatic heterocycles. The van der Waals surface area contributed by atoms with Crippen LogP contribution in [0.2, 0.25) is 0 Å². The van der Waals surface area contributed by atoms with Crippen LogP contribution in [0.15, 0.2) is 11.3 Å². The van der Waals surface area contributed by atoms with E-state index in [1.807, 2.05) is 0 Å². The molecule has 0 aromatic carbocycles. The second-order valence-corrected chi connectivity index (χ2v) is 7.60. The fourth-order valence-corrected chi connectivity index (χ4v) is 4.51. The van der Waals surface area contributed by atoms with E-state index in [9.17, 15) is 29.1 Å². The summed E-state index contributed by atoms with van der Waals surface area (Å²) in [6.45, 7) is -0.392. The van der Waals surface area contributed by atoms with Crippen molar-refractivity contribution in [3.63, 3.8) is 0 Å². The van der Waals surface area contributed by atoms with E-state index < -0.39 is 53.6 Å². The van der Waals surface area contributed by atoms with Crippen LogP contribution in [-0.4, -0.2) is 81.6 Å². The number of amides is 3. The quantitative estimate of drug-likeness (QED) is 0.190. The van der Waals surface area contributed by atoms with Gasteiger partial charge in [0.05, 0.1) is 0 Å². The van der Waals surface area contributed by atoms with Gasteiger partial charge in [-0.25, -0.2) is 9.59 Å². The number of aliphatic carboxylic acids is 2. The van der Waals surface area contributed by atoms with Crippen LogP contribution >= 0.6 is 11.8 Å². The lowest BCUT2D eigenvalue weighted by atomic mass is 9.97. The van der Waals surface area contributed by atoms with Gasteiger partial charge in [-0.3, -0.25) is 19.3 Å². The summed E-state index contributed by atoms with van der Waals surface area (Å²) in [5, 5.41) is 19.9. The molecule has 1 fully saturated rings. The first-order valence-corrected chi connectivity index (χ1v) is 9.77. The van der Waals surface area contributed by atoms with Crippen LogP contribution in [0.4, 0.5) is 4.79 Å². The molecule has 166 valence electrons. The number of nitrogens with one attached hydrogen (secondary N) is 1. The van der Waals surface area contributed by atoms with Gasteiger partial charge in [-0.15, -0.1) is 11.8 Å². The van der Waals surface area contributed by atoms with Crippen molar-refractivity contribution in [3.05, 3.63) is 11.3 Å². The van der Waals surface area contributed by atoms with Crippen LogP contribution in [0.25, 0.3) is 0 Å². The number of methoxy groups -OCH3 is 1. The first-order chi connectivity index (χ1) is 14.0. The molecule has 14 heteroatoms. The third kappa shape index (κ3) is 4.49. The van der Waals surface area contributed by atoms with Crippen LogP contribution in [0, 0.1) is 0 Å². The number of β-lactam (4-membered cyclic amide) rings is 1. The van der Waals surface area contributed by atoms with Crippen LogP contribution in [0.3, 0.4) is 0 Å². The molecule has 2 rings (SSSR count). The molecule has 0 aliphatic carbocycles. The van der Waals surface area contributed by atoms with Gasteiger partial charge in [0.15, 0.2) is 0 Å². The minimum Gasteiger partial charge on any atom is -0.480 e.